The SMILES string of the molecule is CN[C@@H](C)C(=O)NCc1nc(C2CCCCC2)no1. The Bertz CT molecular complexity index is 413. The van der Waals surface area contributed by atoms with Gasteiger partial charge in [-0.15, -0.1) is 0 Å². The molecule has 2 N–H and O–H groups in total. The van der Waals surface area contributed by atoms with E-state index in [-0.39, 0.29) is 11.9 Å². The fraction of sp³-hybridized carbons (Fsp3) is 0.769. The number of hydrogen-bond donors (Lipinski definition) is 2. The van der Waals surface area contributed by atoms with E-state index in [4.69, 9.17) is 4.52 Å². The van der Waals surface area contributed by atoms with Crippen molar-refractivity contribution >= 4 is 5.91 Å². The van der Waals surface area contributed by atoms with Crippen LogP contribution in [0, 0.1) is 0 Å². The molecule has 1 aliphatic rings. The molecule has 0 bridgehead atoms. The number of likely N-dealkylation sites (N-methyl/N-ethyl adjacent to an activating group) is 1. The smallest absolute Gasteiger partial charge is 0.246 e. The van der Waals surface area contributed by atoms with Crippen molar-refractivity contribution in [2.75, 3.05) is 7.05 Å². The first-order valence-electron chi connectivity index (χ1n) is 6.98. The number of hydrogen-bond acceptors (Lipinski definition) is 5. The van der Waals surface area contributed by atoms with Crippen LogP contribution in [0.2, 0.25) is 0 Å². The van der Waals surface area contributed by atoms with E-state index in [9.17, 15) is 4.79 Å². The van der Waals surface area contributed by atoms with E-state index in [1.54, 1.807) is 14.0 Å². The Labute approximate surface area is 113 Å². The van der Waals surface area contributed by atoms with Crippen LogP contribution >= 0.6 is 0 Å². The van der Waals surface area contributed by atoms with Crippen molar-refractivity contribution in [3.63, 3.8) is 0 Å². The van der Waals surface area contributed by atoms with Gasteiger partial charge in [0, 0.05) is 5.92 Å². The second-order valence-electron chi connectivity index (χ2n) is 5.11. The molecule has 0 radical (unpaired) electrons. The highest BCUT2D eigenvalue weighted by Gasteiger charge is 2.21. The Morgan fingerprint density at radius 2 is 2.16 bits per heavy atom. The number of nitrogens with one attached hydrogen (secondary N) is 2. The van der Waals surface area contributed by atoms with Crippen LogP contribution in [0.25, 0.3) is 0 Å². The van der Waals surface area contributed by atoms with Gasteiger partial charge in [-0.3, -0.25) is 4.79 Å². The second kappa shape index (κ2) is 6.65. The normalized spacial score (nSPS) is 18.2. The summed E-state index contributed by atoms with van der Waals surface area (Å²) in [6, 6.07) is -0.222. The number of carbonyl (C=O) groups excluding carboxylic acids is 1. The maximum Gasteiger partial charge on any atom is 0.246 e. The van der Waals surface area contributed by atoms with Crippen LogP contribution in [0.5, 0.6) is 0 Å². The molecule has 2 rings (SSSR count). The van der Waals surface area contributed by atoms with Crippen LogP contribution in [-0.4, -0.2) is 29.1 Å². The van der Waals surface area contributed by atoms with Gasteiger partial charge in [-0.1, -0.05) is 24.4 Å². The molecule has 19 heavy (non-hydrogen) atoms. The molecule has 1 saturated carbocycles. The van der Waals surface area contributed by atoms with E-state index in [1.807, 2.05) is 0 Å². The lowest BCUT2D eigenvalue weighted by molar-refractivity contribution is -0.122. The van der Waals surface area contributed by atoms with E-state index in [1.165, 1.54) is 19.3 Å². The number of rotatable bonds is 5. The molecule has 1 fully saturated rings. The second-order valence-corrected chi connectivity index (χ2v) is 5.11. The third-order valence-electron chi connectivity index (χ3n) is 3.69. The molecule has 0 spiro atoms. The fourth-order valence-corrected chi connectivity index (χ4v) is 2.31. The molecule has 6 heteroatoms. The molecule has 1 aromatic rings. The first-order chi connectivity index (χ1) is 9.20. The molecule has 106 valence electrons. The van der Waals surface area contributed by atoms with Crippen LogP contribution in [0.15, 0.2) is 4.52 Å². The minimum absolute atomic E-state index is 0.0695. The summed E-state index contributed by atoms with van der Waals surface area (Å²) in [5, 5.41) is 9.68. The van der Waals surface area contributed by atoms with Crippen LogP contribution in [0.4, 0.5) is 0 Å². The Morgan fingerprint density at radius 1 is 1.42 bits per heavy atom. The molecule has 0 aromatic carbocycles. The monoisotopic (exact) mass is 266 g/mol. The van der Waals surface area contributed by atoms with Crippen molar-refractivity contribution in [3.8, 4) is 0 Å². The Hall–Kier alpha value is -1.43. The summed E-state index contributed by atoms with van der Waals surface area (Å²) < 4.78 is 5.19. The maximum absolute atomic E-state index is 11.6. The number of aromatic nitrogens is 2. The van der Waals surface area contributed by atoms with Crippen molar-refractivity contribution in [1.29, 1.82) is 0 Å². The van der Waals surface area contributed by atoms with Gasteiger partial charge in [0.2, 0.25) is 11.8 Å². The predicted octanol–water partition coefficient (Wildman–Crippen LogP) is 1.34. The van der Waals surface area contributed by atoms with Crippen molar-refractivity contribution in [2.45, 2.75) is 57.5 Å². The summed E-state index contributed by atoms with van der Waals surface area (Å²) in [4.78, 5) is 16.0. The summed E-state index contributed by atoms with van der Waals surface area (Å²) in [5.41, 5.74) is 0. The van der Waals surface area contributed by atoms with Crippen molar-refractivity contribution in [3.05, 3.63) is 11.7 Å². The lowest BCUT2D eigenvalue weighted by Gasteiger charge is -2.17. The zero-order chi connectivity index (χ0) is 13.7. The highest BCUT2D eigenvalue weighted by Crippen LogP contribution is 2.30. The molecule has 1 aliphatic carbocycles. The van der Waals surface area contributed by atoms with Crippen molar-refractivity contribution in [1.82, 2.24) is 20.8 Å². The molecule has 1 atom stereocenters. The summed E-state index contributed by atoms with van der Waals surface area (Å²) in [6.07, 6.45) is 6.07. The average molecular weight is 266 g/mol. The minimum atomic E-state index is -0.222. The van der Waals surface area contributed by atoms with Crippen molar-refractivity contribution < 1.29 is 9.32 Å². The lowest BCUT2D eigenvalue weighted by Crippen LogP contribution is -2.40. The first-order valence-corrected chi connectivity index (χ1v) is 6.98. The van der Waals surface area contributed by atoms with Gasteiger partial charge in [-0.05, 0) is 26.8 Å². The van der Waals surface area contributed by atoms with Gasteiger partial charge >= 0.3 is 0 Å². The predicted molar refractivity (Wildman–Crippen MR) is 70.5 cm³/mol. The van der Waals surface area contributed by atoms with Crippen LogP contribution < -0.4 is 10.6 Å². The highest BCUT2D eigenvalue weighted by molar-refractivity contribution is 5.81. The fourth-order valence-electron chi connectivity index (χ4n) is 2.31. The number of amides is 1. The molecule has 6 nitrogen and oxygen atoms in total. The standard InChI is InChI=1S/C13H22N4O2/c1-9(14-2)13(18)15-8-11-16-12(17-19-11)10-6-4-3-5-7-10/h9-10,14H,3-8H2,1-2H3,(H,15,18)/t9-/m0/s1. The quantitative estimate of drug-likeness (QED) is 0.840. The van der Waals surface area contributed by atoms with Gasteiger partial charge in [-0.2, -0.15) is 4.98 Å². The summed E-state index contributed by atoms with van der Waals surface area (Å²) in [7, 11) is 1.75. The molecule has 1 amide bonds. The zero-order valence-electron chi connectivity index (χ0n) is 11.6. The van der Waals surface area contributed by atoms with Gasteiger partial charge in [0.05, 0.1) is 12.6 Å². The van der Waals surface area contributed by atoms with E-state index in [0.29, 0.717) is 18.4 Å². The van der Waals surface area contributed by atoms with Crippen LogP contribution in [0.3, 0.4) is 0 Å². The number of nitrogens with zero attached hydrogens (tertiary/aromatic N) is 2. The topological polar surface area (TPSA) is 80.0 Å². The molecule has 0 saturated heterocycles. The summed E-state index contributed by atoms with van der Waals surface area (Å²) >= 11 is 0. The molecule has 0 unspecified atom stereocenters. The molecule has 0 aliphatic heterocycles. The van der Waals surface area contributed by atoms with Crippen LogP contribution in [0.1, 0.15) is 56.7 Å². The summed E-state index contributed by atoms with van der Waals surface area (Å²) in [5.74, 6) is 1.64. The first kappa shape index (κ1) is 14.0. The third kappa shape index (κ3) is 3.76. The van der Waals surface area contributed by atoms with E-state index >= 15 is 0 Å². The Balaban J connectivity index is 1.85. The maximum atomic E-state index is 11.6. The largest absolute Gasteiger partial charge is 0.346 e. The molecular formula is C13H22N4O2. The van der Waals surface area contributed by atoms with Crippen LogP contribution in [-0.2, 0) is 11.3 Å². The van der Waals surface area contributed by atoms with E-state index < -0.39 is 0 Å². The molecular weight excluding hydrogens is 244 g/mol. The van der Waals surface area contributed by atoms with Gasteiger partial charge in [0.25, 0.3) is 0 Å². The Kier molecular flexibility index (Phi) is 4.90. The number of carbonyl (C=O) groups is 1. The Morgan fingerprint density at radius 3 is 2.84 bits per heavy atom. The van der Waals surface area contributed by atoms with Gasteiger partial charge in [-0.25, -0.2) is 0 Å². The summed E-state index contributed by atoms with van der Waals surface area (Å²) in [6.45, 7) is 2.10. The third-order valence-corrected chi connectivity index (χ3v) is 3.69. The molecule has 1 heterocycles. The van der Waals surface area contributed by atoms with E-state index in [0.717, 1.165) is 18.7 Å². The highest BCUT2D eigenvalue weighted by atomic mass is 16.5. The molecule has 1 aromatic heterocycles. The average Bonchev–Trinajstić information content (AvgIpc) is 2.93. The zero-order valence-corrected chi connectivity index (χ0v) is 11.6. The van der Waals surface area contributed by atoms with Gasteiger partial charge in [0.15, 0.2) is 5.82 Å². The van der Waals surface area contributed by atoms with Gasteiger partial charge < -0.3 is 15.2 Å². The lowest BCUT2D eigenvalue weighted by atomic mass is 9.89. The minimum Gasteiger partial charge on any atom is -0.346 e. The van der Waals surface area contributed by atoms with Crippen molar-refractivity contribution in [2.24, 2.45) is 0 Å². The van der Waals surface area contributed by atoms with E-state index in [2.05, 4.69) is 20.8 Å². The van der Waals surface area contributed by atoms with Gasteiger partial charge in [0.1, 0.15) is 0 Å².